The predicted molar refractivity (Wildman–Crippen MR) is 155 cm³/mol. The molecule has 0 aromatic heterocycles. The topological polar surface area (TPSA) is 103 Å². The van der Waals surface area contributed by atoms with E-state index >= 15 is 0 Å². The number of hydrogen-bond donors (Lipinski definition) is 4. The summed E-state index contributed by atoms with van der Waals surface area (Å²) in [6.45, 7) is 8.75. The Morgan fingerprint density at radius 2 is 1.51 bits per heavy atom. The van der Waals surface area contributed by atoms with Gasteiger partial charge in [0.05, 0.1) is 19.8 Å². The highest BCUT2D eigenvalue weighted by atomic mass is 16.5. The van der Waals surface area contributed by atoms with Crippen LogP contribution in [0.4, 0.5) is 0 Å². The number of aliphatic carboxylic acids is 1. The van der Waals surface area contributed by atoms with E-state index in [4.69, 9.17) is 4.74 Å². The van der Waals surface area contributed by atoms with Gasteiger partial charge in [0.15, 0.2) is 0 Å². The zero-order valence-corrected chi connectivity index (χ0v) is 23.5. The predicted octanol–water partition coefficient (Wildman–Crippen LogP) is 2.73. The molecular weight excluding hydrogens is 492 g/mol. The van der Waals surface area contributed by atoms with Gasteiger partial charge in [0.2, 0.25) is 5.91 Å². The molecule has 1 aliphatic heterocycles. The first-order valence-electron chi connectivity index (χ1n) is 14.3. The lowest BCUT2D eigenvalue weighted by Crippen LogP contribution is -2.52. The lowest BCUT2D eigenvalue weighted by molar-refractivity contribution is -0.139. The Morgan fingerprint density at radius 3 is 2.13 bits per heavy atom. The molecule has 0 aliphatic carbocycles. The minimum Gasteiger partial charge on any atom is -0.480 e. The van der Waals surface area contributed by atoms with Crippen molar-refractivity contribution in [2.24, 2.45) is 5.92 Å². The van der Waals surface area contributed by atoms with Gasteiger partial charge in [-0.2, -0.15) is 0 Å². The molecule has 2 aromatic carbocycles. The molecule has 1 amide bonds. The van der Waals surface area contributed by atoms with Gasteiger partial charge in [0.1, 0.15) is 6.04 Å². The summed E-state index contributed by atoms with van der Waals surface area (Å²) in [7, 11) is 0. The highest BCUT2D eigenvalue weighted by Crippen LogP contribution is 2.09. The Morgan fingerprint density at radius 1 is 0.897 bits per heavy atom. The van der Waals surface area contributed by atoms with Gasteiger partial charge in [-0.25, -0.2) is 0 Å². The summed E-state index contributed by atoms with van der Waals surface area (Å²) in [5, 5.41) is 20.0. The van der Waals surface area contributed by atoms with Crippen molar-refractivity contribution in [1.82, 2.24) is 20.9 Å². The molecule has 1 fully saturated rings. The first-order chi connectivity index (χ1) is 18.9. The largest absolute Gasteiger partial charge is 0.480 e. The lowest BCUT2D eigenvalue weighted by atomic mass is 10.0. The smallest absolute Gasteiger partial charge is 0.321 e. The van der Waals surface area contributed by atoms with Crippen molar-refractivity contribution < 1.29 is 19.4 Å². The van der Waals surface area contributed by atoms with E-state index in [0.717, 1.165) is 37.9 Å². The van der Waals surface area contributed by atoms with Gasteiger partial charge in [-0.3, -0.25) is 14.5 Å². The van der Waals surface area contributed by atoms with E-state index in [-0.39, 0.29) is 18.0 Å². The van der Waals surface area contributed by atoms with E-state index in [0.29, 0.717) is 45.2 Å². The van der Waals surface area contributed by atoms with Crippen LogP contribution in [0.2, 0.25) is 0 Å². The van der Waals surface area contributed by atoms with Crippen LogP contribution in [0.15, 0.2) is 60.7 Å². The summed E-state index contributed by atoms with van der Waals surface area (Å²) in [5.74, 6) is -0.372. The molecule has 0 unspecified atom stereocenters. The zero-order valence-electron chi connectivity index (χ0n) is 23.5. The van der Waals surface area contributed by atoms with Gasteiger partial charge in [-0.1, -0.05) is 74.5 Å². The molecular formula is C31H46N4O4. The van der Waals surface area contributed by atoms with E-state index in [1.807, 2.05) is 48.5 Å². The second-order valence-corrected chi connectivity index (χ2v) is 10.9. The molecule has 1 heterocycles. The first-order valence-corrected chi connectivity index (χ1v) is 14.3. The van der Waals surface area contributed by atoms with Gasteiger partial charge < -0.3 is 25.8 Å². The average molecular weight is 539 g/mol. The van der Waals surface area contributed by atoms with Crippen molar-refractivity contribution in [1.29, 1.82) is 0 Å². The fourth-order valence-electron chi connectivity index (χ4n) is 4.94. The fourth-order valence-corrected chi connectivity index (χ4v) is 4.94. The van der Waals surface area contributed by atoms with Crippen molar-refractivity contribution in [2.75, 3.05) is 45.9 Å². The number of aryl methyl sites for hydroxylation is 1. The lowest BCUT2D eigenvalue weighted by Gasteiger charge is -2.29. The molecule has 2 aromatic rings. The molecule has 0 spiro atoms. The number of morpholine rings is 1. The number of carbonyl (C=O) groups is 2. The van der Waals surface area contributed by atoms with Crippen LogP contribution in [-0.4, -0.2) is 85.9 Å². The van der Waals surface area contributed by atoms with Crippen LogP contribution < -0.4 is 16.0 Å². The van der Waals surface area contributed by atoms with Crippen LogP contribution in [0.1, 0.15) is 37.8 Å². The average Bonchev–Trinajstić information content (AvgIpc) is 2.93. The van der Waals surface area contributed by atoms with Crippen LogP contribution in [0.5, 0.6) is 0 Å². The molecule has 39 heavy (non-hydrogen) atoms. The first kappa shape index (κ1) is 30.8. The Balaban J connectivity index is 1.58. The quantitative estimate of drug-likeness (QED) is 0.246. The second kappa shape index (κ2) is 17.0. The molecule has 4 N–H and O–H groups in total. The number of carboxylic acids is 1. The summed E-state index contributed by atoms with van der Waals surface area (Å²) in [4.78, 5) is 27.0. The van der Waals surface area contributed by atoms with Crippen molar-refractivity contribution in [3.63, 3.8) is 0 Å². The van der Waals surface area contributed by atoms with Gasteiger partial charge >= 0.3 is 5.97 Å². The van der Waals surface area contributed by atoms with Crippen molar-refractivity contribution in [2.45, 2.75) is 57.7 Å². The maximum atomic E-state index is 12.9. The number of benzene rings is 2. The van der Waals surface area contributed by atoms with E-state index in [1.54, 1.807) is 0 Å². The summed E-state index contributed by atoms with van der Waals surface area (Å²) in [6, 6.07) is 19.4. The third-order valence-electron chi connectivity index (χ3n) is 7.06. The van der Waals surface area contributed by atoms with Gasteiger partial charge in [0.25, 0.3) is 0 Å². The standard InChI is InChI=1S/C31H46N4O4/c1-24(2)19-28(22-33-29(31(37)38)20-26-11-7-4-8-12-26)32-21-27(14-13-25-9-5-3-6-10-25)34-30(36)23-35-15-17-39-18-16-35/h3-12,24,27-29,32-33H,13-23H2,1-2H3,(H,34,36)(H,37,38)/t27-,28-,29-/m0/s1. The highest BCUT2D eigenvalue weighted by Gasteiger charge is 2.22. The summed E-state index contributed by atoms with van der Waals surface area (Å²) in [6.07, 6.45) is 3.02. The molecule has 214 valence electrons. The molecule has 0 saturated carbocycles. The molecule has 1 aliphatic rings. The van der Waals surface area contributed by atoms with E-state index in [9.17, 15) is 14.7 Å². The summed E-state index contributed by atoms with van der Waals surface area (Å²) in [5.41, 5.74) is 2.24. The van der Waals surface area contributed by atoms with Crippen LogP contribution in [0.3, 0.4) is 0 Å². The molecule has 0 bridgehead atoms. The monoisotopic (exact) mass is 538 g/mol. The maximum Gasteiger partial charge on any atom is 0.321 e. The summed E-state index contributed by atoms with van der Waals surface area (Å²) >= 11 is 0. The normalized spacial score (nSPS) is 16.5. The third-order valence-corrected chi connectivity index (χ3v) is 7.06. The second-order valence-electron chi connectivity index (χ2n) is 10.9. The van der Waals surface area contributed by atoms with Crippen LogP contribution in [0.25, 0.3) is 0 Å². The van der Waals surface area contributed by atoms with E-state index < -0.39 is 12.0 Å². The number of hydrogen-bond acceptors (Lipinski definition) is 6. The molecule has 3 rings (SSSR count). The number of ether oxygens (including phenoxy) is 1. The number of amides is 1. The minimum atomic E-state index is -0.849. The van der Waals surface area contributed by atoms with Crippen molar-refractivity contribution in [3.8, 4) is 0 Å². The Hall–Kier alpha value is -2.78. The Kier molecular flexibility index (Phi) is 13.4. The van der Waals surface area contributed by atoms with Crippen molar-refractivity contribution in [3.05, 3.63) is 71.8 Å². The van der Waals surface area contributed by atoms with Crippen molar-refractivity contribution >= 4 is 11.9 Å². The number of carboxylic acid groups (broad SMARTS) is 1. The zero-order chi connectivity index (χ0) is 27.9. The summed E-state index contributed by atoms with van der Waals surface area (Å²) < 4.78 is 5.41. The van der Waals surface area contributed by atoms with E-state index in [2.05, 4.69) is 46.8 Å². The number of carbonyl (C=O) groups excluding carboxylic acids is 1. The fraction of sp³-hybridized carbons (Fsp3) is 0.548. The number of nitrogens with one attached hydrogen (secondary N) is 3. The number of nitrogens with zero attached hydrogens (tertiary/aromatic N) is 1. The Bertz CT molecular complexity index is 967. The van der Waals surface area contributed by atoms with Gasteiger partial charge in [-0.05, 0) is 42.7 Å². The Labute approximate surface area is 233 Å². The van der Waals surface area contributed by atoms with Crippen LogP contribution in [0, 0.1) is 5.92 Å². The van der Waals surface area contributed by atoms with Crippen LogP contribution in [-0.2, 0) is 27.2 Å². The molecule has 0 radical (unpaired) electrons. The van der Waals surface area contributed by atoms with Crippen LogP contribution >= 0.6 is 0 Å². The molecule has 8 heteroatoms. The highest BCUT2D eigenvalue weighted by molar-refractivity contribution is 5.78. The molecule has 3 atom stereocenters. The third kappa shape index (κ3) is 12.3. The SMILES string of the molecule is CC(C)C[C@@H](CN[C@@H](Cc1ccccc1)C(=O)O)NC[C@H](CCc1ccccc1)NC(=O)CN1CCOCC1. The number of rotatable bonds is 17. The molecule has 8 nitrogen and oxygen atoms in total. The van der Waals surface area contributed by atoms with E-state index in [1.165, 1.54) is 5.56 Å². The molecule has 1 saturated heterocycles. The van der Waals surface area contributed by atoms with Gasteiger partial charge in [-0.15, -0.1) is 0 Å². The maximum absolute atomic E-state index is 12.9. The van der Waals surface area contributed by atoms with Gasteiger partial charge in [0, 0.05) is 38.3 Å². The minimum absolute atomic E-state index is 0.0316.